The van der Waals surface area contributed by atoms with Crippen LogP contribution in [-0.4, -0.2) is 65.9 Å². The smallest absolute Gasteiger partial charge is 0.358 e. The van der Waals surface area contributed by atoms with E-state index in [0.29, 0.717) is 5.69 Å². The molecule has 0 atom stereocenters. The van der Waals surface area contributed by atoms with Crippen molar-refractivity contribution in [3.8, 4) is 17.4 Å². The lowest BCUT2D eigenvalue weighted by atomic mass is 10.1. The summed E-state index contributed by atoms with van der Waals surface area (Å²) in [5.74, 6) is -1.87. The molecule has 0 radical (unpaired) electrons. The lowest BCUT2D eigenvalue weighted by Gasteiger charge is -2.25. The highest BCUT2D eigenvalue weighted by atomic mass is 17.2. The van der Waals surface area contributed by atoms with Crippen LogP contribution in [0.1, 0.15) is 35.3 Å². The number of amides is 3. The largest absolute Gasteiger partial charge is 0.494 e. The number of imide groups is 1. The molecule has 0 saturated heterocycles. The maximum Gasteiger partial charge on any atom is 0.358 e. The summed E-state index contributed by atoms with van der Waals surface area (Å²) >= 11 is 0. The first-order valence-electron chi connectivity index (χ1n) is 14.3. The van der Waals surface area contributed by atoms with E-state index in [4.69, 9.17) is 19.1 Å². The molecule has 2 aromatic carbocycles. The van der Waals surface area contributed by atoms with E-state index in [9.17, 15) is 24.3 Å². The van der Waals surface area contributed by atoms with Gasteiger partial charge in [-0.05, 0) is 68.0 Å². The molecule has 47 heavy (non-hydrogen) atoms. The molecule has 3 aromatic rings. The molecule has 244 valence electrons. The Bertz CT molecular complexity index is 1810. The number of anilines is 1. The van der Waals surface area contributed by atoms with E-state index in [2.05, 4.69) is 14.9 Å². The molecule has 1 aliphatic heterocycles. The third-order valence-corrected chi connectivity index (χ3v) is 6.52. The summed E-state index contributed by atoms with van der Waals surface area (Å²) in [6.45, 7) is 3.92. The average Bonchev–Trinajstić information content (AvgIpc) is 3.06. The van der Waals surface area contributed by atoms with Gasteiger partial charge in [0, 0.05) is 0 Å². The molecule has 4 rings (SSSR count). The second kappa shape index (κ2) is 15.9. The fraction of sp³-hybridized carbons (Fsp3) is 0.212. The molecule has 0 saturated carbocycles. The fourth-order valence-corrected chi connectivity index (χ4v) is 4.34. The number of methoxy groups -OCH3 is 1. The number of allylic oxidation sites excluding steroid dienone is 4. The van der Waals surface area contributed by atoms with Gasteiger partial charge >= 0.3 is 17.7 Å². The number of rotatable bonds is 12. The number of aliphatic imine (C=N–C) groups is 1. The molecule has 0 unspecified atom stereocenters. The van der Waals surface area contributed by atoms with Crippen LogP contribution in [0.3, 0.4) is 0 Å². The van der Waals surface area contributed by atoms with Crippen molar-refractivity contribution in [1.29, 1.82) is 0 Å². The second-order valence-corrected chi connectivity index (χ2v) is 9.44. The summed E-state index contributed by atoms with van der Waals surface area (Å²) in [6, 6.07) is 11.6. The zero-order valence-corrected chi connectivity index (χ0v) is 26.0. The summed E-state index contributed by atoms with van der Waals surface area (Å²) in [5, 5.41) is 11.1. The van der Waals surface area contributed by atoms with Gasteiger partial charge in [0.25, 0.3) is 5.91 Å². The van der Waals surface area contributed by atoms with Gasteiger partial charge in [-0.25, -0.2) is 33.6 Å². The number of aromatic hydroxyl groups is 1. The normalized spacial score (nSPS) is 14.3. The molecular formula is C33H32N4O10. The highest BCUT2D eigenvalue weighted by molar-refractivity contribution is 6.36. The number of esters is 1. The van der Waals surface area contributed by atoms with Gasteiger partial charge in [-0.1, -0.05) is 30.4 Å². The van der Waals surface area contributed by atoms with Crippen LogP contribution < -0.4 is 15.3 Å². The van der Waals surface area contributed by atoms with Gasteiger partial charge in [-0.15, -0.1) is 0 Å². The summed E-state index contributed by atoms with van der Waals surface area (Å²) < 4.78 is 16.6. The number of carbonyl (C=O) groups is 3. The number of urea groups is 1. The van der Waals surface area contributed by atoms with Gasteiger partial charge in [0.1, 0.15) is 12.2 Å². The number of nitrogens with zero attached hydrogens (tertiary/aromatic N) is 4. The van der Waals surface area contributed by atoms with Crippen LogP contribution in [0, 0.1) is 0 Å². The molecule has 3 amide bonds. The summed E-state index contributed by atoms with van der Waals surface area (Å²) in [7, 11) is 2.64. The first kappa shape index (κ1) is 34.0. The summed E-state index contributed by atoms with van der Waals surface area (Å²) in [4.78, 5) is 69.3. The maximum absolute atomic E-state index is 13.5. The topological polar surface area (TPSA) is 168 Å². The van der Waals surface area contributed by atoms with E-state index >= 15 is 0 Å². The molecule has 0 fully saturated rings. The van der Waals surface area contributed by atoms with E-state index in [-0.39, 0.29) is 54.0 Å². The zero-order chi connectivity index (χ0) is 33.9. The van der Waals surface area contributed by atoms with Crippen molar-refractivity contribution < 1.29 is 43.5 Å². The van der Waals surface area contributed by atoms with Gasteiger partial charge in [-0.3, -0.25) is 4.79 Å². The van der Waals surface area contributed by atoms with Crippen LogP contribution >= 0.6 is 0 Å². The van der Waals surface area contributed by atoms with E-state index in [0.717, 1.165) is 15.0 Å². The van der Waals surface area contributed by atoms with Crippen molar-refractivity contribution in [3.63, 3.8) is 0 Å². The first-order chi connectivity index (χ1) is 22.7. The Kier molecular flexibility index (Phi) is 11.5. The molecule has 14 heteroatoms. The molecular weight excluding hydrogens is 612 g/mol. The number of hydrogen-bond acceptors (Lipinski definition) is 11. The van der Waals surface area contributed by atoms with Crippen LogP contribution in [0.2, 0.25) is 0 Å². The summed E-state index contributed by atoms with van der Waals surface area (Å²) in [6.07, 6.45) is 7.49. The Morgan fingerprint density at radius 3 is 2.21 bits per heavy atom. The number of benzene rings is 2. The van der Waals surface area contributed by atoms with Gasteiger partial charge in [0.05, 0.1) is 49.9 Å². The van der Waals surface area contributed by atoms with Gasteiger partial charge in [0.15, 0.2) is 0 Å². The number of ether oxygens (including phenoxy) is 3. The Hall–Kier alpha value is -5.86. The van der Waals surface area contributed by atoms with Crippen LogP contribution in [0.25, 0.3) is 11.8 Å². The Balaban J connectivity index is 1.63. The van der Waals surface area contributed by atoms with Crippen molar-refractivity contribution in [2.45, 2.75) is 20.5 Å². The van der Waals surface area contributed by atoms with Crippen LogP contribution in [0.4, 0.5) is 10.5 Å². The highest BCUT2D eigenvalue weighted by Crippen LogP contribution is 2.28. The van der Waals surface area contributed by atoms with Crippen molar-refractivity contribution in [3.05, 3.63) is 106 Å². The molecule has 1 N–H and O–H groups in total. The minimum Gasteiger partial charge on any atom is -0.494 e. The molecule has 0 aliphatic carbocycles. The van der Waals surface area contributed by atoms with Gasteiger partial charge in [-0.2, -0.15) is 9.98 Å². The predicted octanol–water partition coefficient (Wildman–Crippen LogP) is 4.30. The Labute approximate surface area is 269 Å². The van der Waals surface area contributed by atoms with Gasteiger partial charge < -0.3 is 19.3 Å². The van der Waals surface area contributed by atoms with Crippen molar-refractivity contribution in [2.24, 2.45) is 4.99 Å². The van der Waals surface area contributed by atoms with E-state index in [1.54, 1.807) is 44.2 Å². The molecule has 14 nitrogen and oxygen atoms in total. The van der Waals surface area contributed by atoms with E-state index < -0.39 is 29.5 Å². The van der Waals surface area contributed by atoms with Gasteiger partial charge in [0.2, 0.25) is 17.7 Å². The minimum atomic E-state index is -0.804. The number of aromatic nitrogens is 2. The van der Waals surface area contributed by atoms with Crippen molar-refractivity contribution >= 4 is 35.6 Å². The van der Waals surface area contributed by atoms with Crippen LogP contribution in [0.15, 0.2) is 88.2 Å². The fourth-order valence-electron chi connectivity index (χ4n) is 4.34. The van der Waals surface area contributed by atoms with E-state index in [1.165, 1.54) is 62.8 Å². The van der Waals surface area contributed by atoms with Crippen LogP contribution in [-0.2, 0) is 30.7 Å². The van der Waals surface area contributed by atoms with E-state index in [1.807, 2.05) is 0 Å². The minimum absolute atomic E-state index is 0.0337. The average molecular weight is 645 g/mol. The predicted molar refractivity (Wildman–Crippen MR) is 170 cm³/mol. The third-order valence-electron chi connectivity index (χ3n) is 6.52. The number of hydrogen-bond donors (Lipinski definition) is 1. The molecule has 0 bridgehead atoms. The Morgan fingerprint density at radius 2 is 1.57 bits per heavy atom. The molecule has 0 spiro atoms. The Morgan fingerprint density at radius 1 is 0.894 bits per heavy atom. The van der Waals surface area contributed by atoms with Crippen molar-refractivity contribution in [1.82, 2.24) is 9.55 Å². The van der Waals surface area contributed by atoms with Crippen LogP contribution in [0.5, 0.6) is 11.8 Å². The zero-order valence-electron chi connectivity index (χ0n) is 26.0. The maximum atomic E-state index is 13.5. The SMILES string of the molecule is CCOC1=NC(=O)N(c2ccc(COOC)cc2)C(=O)/C1=C/C=C/C=C/c1c(OCC)nc(=O)n(-c2ccc(C(=O)OC)cc2)c1O. The quantitative estimate of drug-likeness (QED) is 0.0981. The first-order valence-corrected chi connectivity index (χ1v) is 14.3. The number of carbonyl (C=O) groups excluding carboxylic acids is 3. The molecule has 1 aromatic heterocycles. The monoisotopic (exact) mass is 644 g/mol. The highest BCUT2D eigenvalue weighted by Gasteiger charge is 2.34. The lowest BCUT2D eigenvalue weighted by molar-refractivity contribution is -0.282. The summed E-state index contributed by atoms with van der Waals surface area (Å²) in [5.41, 5.74) is 0.906. The lowest BCUT2D eigenvalue weighted by Crippen LogP contribution is -2.43. The third kappa shape index (κ3) is 7.87. The molecule has 2 heterocycles. The van der Waals surface area contributed by atoms with Crippen molar-refractivity contribution in [2.75, 3.05) is 32.3 Å². The standard InChI is InChI=1S/C33H32N4O10/c1-5-45-27-25(29(38)36(32(41)34-27)23-16-12-21(13-17-23)20-47-44-4)10-8-7-9-11-26-28(46-6-2)35-33(42)37(30(26)39)24-18-14-22(15-19-24)31(40)43-3/h7-19,39H,5-6,20H2,1-4H3/b8-7+,11-9+,25-10+. The molecule has 1 aliphatic rings. The second-order valence-electron chi connectivity index (χ2n) is 9.44.